The SMILES string of the molecule is O=C1[C@@H](Br)CCN1c1ccc(Cl)c(Cl)c1. The molecule has 2 nitrogen and oxygen atoms in total. The van der Waals surface area contributed by atoms with E-state index in [1.54, 1.807) is 23.1 Å². The van der Waals surface area contributed by atoms with Gasteiger partial charge in [-0.25, -0.2) is 0 Å². The number of carbonyl (C=O) groups is 1. The van der Waals surface area contributed by atoms with E-state index in [0.717, 1.165) is 12.1 Å². The number of benzene rings is 1. The molecule has 80 valence electrons. The lowest BCUT2D eigenvalue weighted by atomic mass is 10.3. The van der Waals surface area contributed by atoms with E-state index in [2.05, 4.69) is 15.9 Å². The van der Waals surface area contributed by atoms with Crippen LogP contribution in [0.4, 0.5) is 5.69 Å². The number of halogens is 3. The fraction of sp³-hybridized carbons (Fsp3) is 0.300. The summed E-state index contributed by atoms with van der Waals surface area (Å²) in [6, 6.07) is 5.22. The number of carbonyl (C=O) groups excluding carboxylic acids is 1. The second-order valence-corrected chi connectivity index (χ2v) is 5.26. The molecule has 5 heteroatoms. The molecule has 0 bridgehead atoms. The van der Waals surface area contributed by atoms with Crippen molar-refractivity contribution < 1.29 is 4.79 Å². The molecule has 0 aliphatic carbocycles. The van der Waals surface area contributed by atoms with Gasteiger partial charge < -0.3 is 4.90 Å². The molecule has 2 rings (SSSR count). The molecule has 0 radical (unpaired) electrons. The lowest BCUT2D eigenvalue weighted by Gasteiger charge is -2.16. The molecule has 1 aliphatic heterocycles. The Bertz CT molecular complexity index is 410. The maximum atomic E-state index is 11.7. The molecule has 1 amide bonds. The van der Waals surface area contributed by atoms with E-state index in [9.17, 15) is 4.79 Å². The normalized spacial score (nSPS) is 21.1. The summed E-state index contributed by atoms with van der Waals surface area (Å²) in [7, 11) is 0. The highest BCUT2D eigenvalue weighted by atomic mass is 79.9. The van der Waals surface area contributed by atoms with Crippen LogP contribution in [0.1, 0.15) is 6.42 Å². The third-order valence-corrected chi connectivity index (χ3v) is 3.94. The monoisotopic (exact) mass is 307 g/mol. The zero-order valence-electron chi connectivity index (χ0n) is 7.71. The smallest absolute Gasteiger partial charge is 0.240 e. The minimum atomic E-state index is -0.0769. The molecule has 1 aliphatic rings. The highest BCUT2D eigenvalue weighted by Gasteiger charge is 2.30. The van der Waals surface area contributed by atoms with Crippen molar-refractivity contribution in [2.24, 2.45) is 0 Å². The van der Waals surface area contributed by atoms with Crippen molar-refractivity contribution >= 4 is 50.7 Å². The van der Waals surface area contributed by atoms with Crippen LogP contribution in [0.15, 0.2) is 18.2 Å². The number of hydrogen-bond acceptors (Lipinski definition) is 1. The van der Waals surface area contributed by atoms with Gasteiger partial charge in [0, 0.05) is 12.2 Å². The topological polar surface area (TPSA) is 20.3 Å². The number of rotatable bonds is 1. The van der Waals surface area contributed by atoms with Crippen molar-refractivity contribution in [3.8, 4) is 0 Å². The zero-order chi connectivity index (χ0) is 11.0. The van der Waals surface area contributed by atoms with Gasteiger partial charge in [-0.3, -0.25) is 4.79 Å². The summed E-state index contributed by atoms with van der Waals surface area (Å²) in [5.41, 5.74) is 0.802. The molecule has 0 N–H and O–H groups in total. The first-order valence-electron chi connectivity index (χ1n) is 4.50. The van der Waals surface area contributed by atoms with Crippen LogP contribution in [0.25, 0.3) is 0 Å². The van der Waals surface area contributed by atoms with Gasteiger partial charge in [0.05, 0.1) is 14.9 Å². The molecule has 0 unspecified atom stereocenters. The van der Waals surface area contributed by atoms with Crippen LogP contribution >= 0.6 is 39.1 Å². The Kier molecular flexibility index (Phi) is 3.24. The van der Waals surface area contributed by atoms with Crippen LogP contribution in [0.2, 0.25) is 10.0 Å². The minimum Gasteiger partial charge on any atom is -0.311 e. The van der Waals surface area contributed by atoms with Gasteiger partial charge in [0.1, 0.15) is 0 Å². The number of anilines is 1. The van der Waals surface area contributed by atoms with E-state index in [-0.39, 0.29) is 10.7 Å². The average molecular weight is 309 g/mol. The van der Waals surface area contributed by atoms with Gasteiger partial charge in [-0.2, -0.15) is 0 Å². The quantitative estimate of drug-likeness (QED) is 0.727. The number of alkyl halides is 1. The van der Waals surface area contributed by atoms with Crippen molar-refractivity contribution in [2.45, 2.75) is 11.2 Å². The molecule has 0 spiro atoms. The molecule has 15 heavy (non-hydrogen) atoms. The highest BCUT2D eigenvalue weighted by Crippen LogP contribution is 2.30. The molecule has 1 aromatic carbocycles. The Morgan fingerprint density at radius 1 is 1.33 bits per heavy atom. The summed E-state index contributed by atoms with van der Waals surface area (Å²) in [5, 5.41) is 0.974. The Labute approximate surface area is 106 Å². The number of nitrogens with zero attached hydrogens (tertiary/aromatic N) is 1. The summed E-state index contributed by atoms with van der Waals surface area (Å²) in [6.45, 7) is 0.715. The van der Waals surface area contributed by atoms with Crippen LogP contribution in [0.3, 0.4) is 0 Å². The predicted octanol–water partition coefficient (Wildman–Crippen LogP) is 3.49. The first-order valence-corrected chi connectivity index (χ1v) is 6.17. The molecule has 1 fully saturated rings. The fourth-order valence-corrected chi connectivity index (χ4v) is 2.30. The average Bonchev–Trinajstić information content (AvgIpc) is 2.53. The minimum absolute atomic E-state index is 0.0769. The van der Waals surface area contributed by atoms with Crippen molar-refractivity contribution in [1.82, 2.24) is 0 Å². The third kappa shape index (κ3) is 2.14. The van der Waals surface area contributed by atoms with E-state index >= 15 is 0 Å². The second-order valence-electron chi connectivity index (χ2n) is 3.34. The summed E-state index contributed by atoms with van der Waals surface area (Å²) in [6.07, 6.45) is 0.819. The van der Waals surface area contributed by atoms with Gasteiger partial charge >= 0.3 is 0 Å². The number of hydrogen-bond donors (Lipinski definition) is 0. The van der Waals surface area contributed by atoms with Crippen LogP contribution in [0, 0.1) is 0 Å². The molecular weight excluding hydrogens is 301 g/mol. The van der Waals surface area contributed by atoms with Crippen molar-refractivity contribution in [3.63, 3.8) is 0 Å². The first kappa shape index (κ1) is 11.2. The van der Waals surface area contributed by atoms with Crippen LogP contribution in [-0.4, -0.2) is 17.3 Å². The van der Waals surface area contributed by atoms with E-state index < -0.39 is 0 Å². The van der Waals surface area contributed by atoms with Crippen molar-refractivity contribution in [1.29, 1.82) is 0 Å². The van der Waals surface area contributed by atoms with Crippen molar-refractivity contribution in [2.75, 3.05) is 11.4 Å². The van der Waals surface area contributed by atoms with Crippen LogP contribution < -0.4 is 4.90 Å². The Balaban J connectivity index is 2.31. The lowest BCUT2D eigenvalue weighted by Crippen LogP contribution is -2.26. The Morgan fingerprint density at radius 2 is 2.07 bits per heavy atom. The molecule has 1 atom stereocenters. The maximum Gasteiger partial charge on any atom is 0.240 e. The number of amides is 1. The van der Waals surface area contributed by atoms with Gasteiger partial charge in [0.2, 0.25) is 5.91 Å². The van der Waals surface area contributed by atoms with E-state index in [0.29, 0.717) is 16.6 Å². The summed E-state index contributed by atoms with van der Waals surface area (Å²) in [5.74, 6) is 0.0772. The summed E-state index contributed by atoms with van der Waals surface area (Å²) >= 11 is 15.0. The Hall–Kier alpha value is -0.250. The largest absolute Gasteiger partial charge is 0.311 e. The van der Waals surface area contributed by atoms with Gasteiger partial charge in [0.15, 0.2) is 0 Å². The van der Waals surface area contributed by atoms with E-state index in [4.69, 9.17) is 23.2 Å². The lowest BCUT2D eigenvalue weighted by molar-refractivity contribution is -0.116. The molecule has 1 saturated heterocycles. The van der Waals surface area contributed by atoms with Gasteiger partial charge in [-0.1, -0.05) is 39.1 Å². The third-order valence-electron chi connectivity index (χ3n) is 2.35. The highest BCUT2D eigenvalue weighted by molar-refractivity contribution is 9.10. The fourth-order valence-electron chi connectivity index (χ4n) is 1.55. The second kappa shape index (κ2) is 4.32. The van der Waals surface area contributed by atoms with Gasteiger partial charge in [-0.05, 0) is 24.6 Å². The van der Waals surface area contributed by atoms with E-state index in [1.807, 2.05) is 0 Å². The van der Waals surface area contributed by atoms with Crippen LogP contribution in [0.5, 0.6) is 0 Å². The predicted molar refractivity (Wildman–Crippen MR) is 66.1 cm³/mol. The van der Waals surface area contributed by atoms with Gasteiger partial charge in [-0.15, -0.1) is 0 Å². The van der Waals surface area contributed by atoms with E-state index in [1.165, 1.54) is 0 Å². The van der Waals surface area contributed by atoms with Crippen LogP contribution in [-0.2, 0) is 4.79 Å². The maximum absolute atomic E-state index is 11.7. The summed E-state index contributed by atoms with van der Waals surface area (Å²) < 4.78 is 0. The molecule has 1 aromatic rings. The standard InChI is InChI=1S/C10H8BrCl2NO/c11-7-3-4-14(10(7)15)6-1-2-8(12)9(13)5-6/h1-2,5,7H,3-4H2/t7-/m0/s1. The summed E-state index contributed by atoms with van der Waals surface area (Å²) in [4.78, 5) is 13.3. The molecule has 0 aromatic heterocycles. The van der Waals surface area contributed by atoms with Crippen molar-refractivity contribution in [3.05, 3.63) is 28.2 Å². The molecular formula is C10H8BrCl2NO. The first-order chi connectivity index (χ1) is 7.09. The Morgan fingerprint density at radius 3 is 2.60 bits per heavy atom. The molecule has 1 heterocycles. The van der Waals surface area contributed by atoms with Gasteiger partial charge in [0.25, 0.3) is 0 Å². The molecule has 0 saturated carbocycles. The zero-order valence-corrected chi connectivity index (χ0v) is 10.8.